The predicted octanol–water partition coefficient (Wildman–Crippen LogP) is 4.38. The van der Waals surface area contributed by atoms with Crippen molar-refractivity contribution >= 4 is 63.8 Å². The lowest BCUT2D eigenvalue weighted by Crippen LogP contribution is -2.53. The van der Waals surface area contributed by atoms with Crippen LogP contribution in [0, 0.1) is 0 Å². The minimum absolute atomic E-state index is 0.234. The first-order valence-corrected chi connectivity index (χ1v) is 10.7. The van der Waals surface area contributed by atoms with Gasteiger partial charge in [0.1, 0.15) is 9.81 Å². The van der Waals surface area contributed by atoms with E-state index in [1.54, 1.807) is 0 Å². The van der Waals surface area contributed by atoms with Crippen LogP contribution < -0.4 is 4.90 Å². The van der Waals surface area contributed by atoms with Crippen LogP contribution in [-0.4, -0.2) is 43.1 Å². The topological polar surface area (TPSA) is 55.8 Å². The Kier molecular flexibility index (Phi) is 5.93. The van der Waals surface area contributed by atoms with Crippen LogP contribution in [-0.2, 0) is 19.1 Å². The molecule has 0 saturated heterocycles. The summed E-state index contributed by atoms with van der Waals surface area (Å²) in [6.07, 6.45) is 0. The number of para-hydroxylation sites is 1. The second kappa shape index (κ2) is 7.93. The zero-order valence-corrected chi connectivity index (χ0v) is 18.8. The average Bonchev–Trinajstić information content (AvgIpc) is 3.12. The Balaban J connectivity index is 2.20. The predicted molar refractivity (Wildman–Crippen MR) is 119 cm³/mol. The summed E-state index contributed by atoms with van der Waals surface area (Å²) in [5, 5.41) is 0. The Bertz CT molecular complexity index is 903. The third-order valence-electron chi connectivity index (χ3n) is 4.78. The van der Waals surface area contributed by atoms with Crippen molar-refractivity contribution in [2.75, 3.05) is 25.7 Å². The standard InChI is InChI=1S/C20H21NO4S3/c1-6-21-12-10-8-7-9-11(12)13(16(26)20(21,2)3)19-27-14(17(22)24-4)15(28-19)18(23)25-5/h7-10H,6H2,1-5H3. The maximum absolute atomic E-state index is 12.2. The van der Waals surface area contributed by atoms with E-state index in [0.29, 0.717) is 0 Å². The van der Waals surface area contributed by atoms with E-state index in [2.05, 4.69) is 31.7 Å². The fourth-order valence-electron chi connectivity index (χ4n) is 3.40. The molecule has 0 fully saturated rings. The summed E-state index contributed by atoms with van der Waals surface area (Å²) in [5.74, 6) is -1.11. The van der Waals surface area contributed by atoms with Gasteiger partial charge in [0.25, 0.3) is 0 Å². The first kappa shape index (κ1) is 21.0. The lowest BCUT2D eigenvalue weighted by Gasteiger charge is -2.46. The lowest BCUT2D eigenvalue weighted by molar-refractivity contribution is -0.138. The molecule has 2 aliphatic heterocycles. The van der Waals surface area contributed by atoms with Crippen LogP contribution in [0.25, 0.3) is 5.57 Å². The molecule has 2 heterocycles. The molecule has 0 unspecified atom stereocenters. The van der Waals surface area contributed by atoms with E-state index in [4.69, 9.17) is 21.7 Å². The number of esters is 2. The molecule has 0 radical (unpaired) electrons. The Hall–Kier alpha value is -1.77. The van der Waals surface area contributed by atoms with Crippen molar-refractivity contribution in [3.05, 3.63) is 43.9 Å². The smallest absolute Gasteiger partial charge is 0.346 e. The molecule has 0 bridgehead atoms. The van der Waals surface area contributed by atoms with Crippen LogP contribution in [0.3, 0.4) is 0 Å². The first-order valence-electron chi connectivity index (χ1n) is 8.70. The number of nitrogens with zero attached hydrogens (tertiary/aromatic N) is 1. The molecule has 1 aromatic rings. The Morgan fingerprint density at radius 2 is 1.61 bits per heavy atom. The van der Waals surface area contributed by atoms with Gasteiger partial charge >= 0.3 is 11.9 Å². The minimum Gasteiger partial charge on any atom is -0.465 e. The summed E-state index contributed by atoms with van der Waals surface area (Å²) in [6.45, 7) is 7.10. The Labute approximate surface area is 178 Å². The molecule has 0 atom stereocenters. The molecule has 0 saturated carbocycles. The number of carbonyl (C=O) groups excluding carboxylic acids is 2. The highest BCUT2D eigenvalue weighted by atomic mass is 32.2. The van der Waals surface area contributed by atoms with Gasteiger partial charge < -0.3 is 14.4 Å². The van der Waals surface area contributed by atoms with Gasteiger partial charge in [-0.25, -0.2) is 9.59 Å². The zero-order chi connectivity index (χ0) is 20.6. The number of thioether (sulfide) groups is 2. The molecule has 5 nitrogen and oxygen atoms in total. The quantitative estimate of drug-likeness (QED) is 0.394. The van der Waals surface area contributed by atoms with Gasteiger partial charge in [0, 0.05) is 28.2 Å². The number of anilines is 1. The lowest BCUT2D eigenvalue weighted by atomic mass is 9.83. The van der Waals surface area contributed by atoms with Crippen LogP contribution in [0.4, 0.5) is 5.69 Å². The molecule has 8 heteroatoms. The third kappa shape index (κ3) is 3.27. The summed E-state index contributed by atoms with van der Waals surface area (Å²) in [6, 6.07) is 8.06. The molecule has 0 spiro atoms. The molecule has 0 aliphatic carbocycles. The molecule has 3 rings (SSSR count). The number of ether oxygens (including phenoxy) is 2. The van der Waals surface area contributed by atoms with Crippen molar-refractivity contribution in [3.8, 4) is 0 Å². The fourth-order valence-corrected chi connectivity index (χ4v) is 6.45. The van der Waals surface area contributed by atoms with Gasteiger partial charge in [0.05, 0.1) is 24.0 Å². The van der Waals surface area contributed by atoms with Gasteiger partial charge in [-0.2, -0.15) is 0 Å². The minimum atomic E-state index is -0.557. The normalized spacial score (nSPS) is 18.3. The number of methoxy groups -OCH3 is 2. The Morgan fingerprint density at radius 3 is 2.11 bits per heavy atom. The molecule has 1 aromatic carbocycles. The van der Waals surface area contributed by atoms with Crippen LogP contribution in [0.1, 0.15) is 26.3 Å². The first-order chi connectivity index (χ1) is 13.3. The van der Waals surface area contributed by atoms with Crippen LogP contribution in [0.2, 0.25) is 0 Å². The van der Waals surface area contributed by atoms with E-state index in [-0.39, 0.29) is 15.3 Å². The van der Waals surface area contributed by atoms with E-state index in [1.807, 2.05) is 18.2 Å². The molecule has 28 heavy (non-hydrogen) atoms. The van der Waals surface area contributed by atoms with Crippen LogP contribution in [0.15, 0.2) is 38.3 Å². The molecule has 0 aromatic heterocycles. The summed E-state index contributed by atoms with van der Waals surface area (Å²) in [7, 11) is 2.59. The Morgan fingerprint density at radius 1 is 1.07 bits per heavy atom. The summed E-state index contributed by atoms with van der Waals surface area (Å²) >= 11 is 8.35. The second-order valence-electron chi connectivity index (χ2n) is 6.66. The van der Waals surface area contributed by atoms with Gasteiger partial charge in [-0.15, -0.1) is 0 Å². The molecule has 2 aliphatic rings. The fraction of sp³-hybridized carbons (Fsp3) is 0.350. The van der Waals surface area contributed by atoms with E-state index in [1.165, 1.54) is 37.7 Å². The van der Waals surface area contributed by atoms with E-state index < -0.39 is 11.9 Å². The summed E-state index contributed by atoms with van der Waals surface area (Å²) < 4.78 is 10.5. The average molecular weight is 436 g/mol. The number of carbonyl (C=O) groups is 2. The van der Waals surface area contributed by atoms with Gasteiger partial charge in [0.2, 0.25) is 0 Å². The van der Waals surface area contributed by atoms with Crippen molar-refractivity contribution in [2.45, 2.75) is 26.3 Å². The highest BCUT2D eigenvalue weighted by molar-refractivity contribution is 8.29. The van der Waals surface area contributed by atoms with Crippen molar-refractivity contribution in [3.63, 3.8) is 0 Å². The number of fused-ring (bicyclic) bond motifs is 1. The largest absolute Gasteiger partial charge is 0.465 e. The molecular formula is C20H21NO4S3. The summed E-state index contributed by atoms with van der Waals surface area (Å²) in [4.78, 5) is 28.0. The van der Waals surface area contributed by atoms with Crippen LogP contribution >= 0.6 is 35.7 Å². The van der Waals surface area contributed by atoms with E-state index in [9.17, 15) is 9.59 Å². The zero-order valence-electron chi connectivity index (χ0n) is 16.3. The number of thiocarbonyl (C=S) groups is 1. The number of rotatable bonds is 3. The molecule has 148 valence electrons. The van der Waals surface area contributed by atoms with Crippen molar-refractivity contribution in [2.24, 2.45) is 0 Å². The molecular weight excluding hydrogens is 414 g/mol. The van der Waals surface area contributed by atoms with E-state index >= 15 is 0 Å². The number of hydrogen-bond acceptors (Lipinski definition) is 8. The van der Waals surface area contributed by atoms with Crippen molar-refractivity contribution in [1.82, 2.24) is 0 Å². The summed E-state index contributed by atoms with van der Waals surface area (Å²) in [5.41, 5.74) is 2.58. The molecule has 0 N–H and O–H groups in total. The molecule has 0 amide bonds. The SMILES string of the molecule is CCN1c2ccccc2C(=C2SC(C(=O)OC)=C(C(=O)OC)S2)C(=S)C1(C)C. The number of hydrogen-bond donors (Lipinski definition) is 0. The highest BCUT2D eigenvalue weighted by Crippen LogP contribution is 2.55. The van der Waals surface area contributed by atoms with Gasteiger partial charge in [-0.1, -0.05) is 53.9 Å². The monoisotopic (exact) mass is 435 g/mol. The maximum Gasteiger partial charge on any atom is 0.346 e. The number of benzene rings is 1. The van der Waals surface area contributed by atoms with Crippen LogP contribution in [0.5, 0.6) is 0 Å². The van der Waals surface area contributed by atoms with Crippen molar-refractivity contribution in [1.29, 1.82) is 0 Å². The van der Waals surface area contributed by atoms with Gasteiger partial charge in [0.15, 0.2) is 0 Å². The highest BCUT2D eigenvalue weighted by Gasteiger charge is 2.43. The van der Waals surface area contributed by atoms with Gasteiger partial charge in [-0.3, -0.25) is 0 Å². The second-order valence-corrected chi connectivity index (χ2v) is 9.37. The van der Waals surface area contributed by atoms with Crippen molar-refractivity contribution < 1.29 is 19.1 Å². The van der Waals surface area contributed by atoms with E-state index in [0.717, 1.165) is 32.5 Å². The van der Waals surface area contributed by atoms with Gasteiger partial charge in [-0.05, 0) is 26.8 Å². The third-order valence-corrected chi connectivity index (χ3v) is 8.04. The maximum atomic E-state index is 12.2.